The molecular formula is C12H12N4O2. The lowest BCUT2D eigenvalue weighted by Gasteiger charge is -2.22. The molecule has 0 amide bonds. The van der Waals surface area contributed by atoms with Gasteiger partial charge in [0, 0.05) is 0 Å². The molecule has 6 heteroatoms. The first-order valence-electron chi connectivity index (χ1n) is 5.56. The molecule has 6 nitrogen and oxygen atoms in total. The van der Waals surface area contributed by atoms with Gasteiger partial charge in [0.2, 0.25) is 0 Å². The van der Waals surface area contributed by atoms with Gasteiger partial charge in [0.05, 0.1) is 11.4 Å². The van der Waals surface area contributed by atoms with E-state index in [0.29, 0.717) is 11.5 Å². The number of hydrogen-bond acceptors (Lipinski definition) is 4. The highest BCUT2D eigenvalue weighted by molar-refractivity contribution is 5.88. The lowest BCUT2D eigenvalue weighted by atomic mass is 10.1. The number of aryl methyl sites for hydroxylation is 2. The predicted molar refractivity (Wildman–Crippen MR) is 70.2 cm³/mol. The van der Waals surface area contributed by atoms with Gasteiger partial charge < -0.3 is 10.6 Å². The molecule has 1 aromatic carbocycles. The maximum absolute atomic E-state index is 11.7. The highest BCUT2D eigenvalue weighted by atomic mass is 16.2. The Morgan fingerprint density at radius 1 is 0.889 bits per heavy atom. The number of benzene rings is 1. The molecule has 1 aliphatic heterocycles. The Morgan fingerprint density at radius 3 is 2.17 bits per heavy atom. The number of hydrogen-bond donors (Lipinski definition) is 4. The van der Waals surface area contributed by atoms with E-state index in [4.69, 9.17) is 0 Å². The Balaban J connectivity index is 2.21. The molecule has 0 aliphatic carbocycles. The van der Waals surface area contributed by atoms with Gasteiger partial charge in [0.1, 0.15) is 11.5 Å². The molecule has 1 aromatic heterocycles. The molecule has 0 saturated carbocycles. The van der Waals surface area contributed by atoms with E-state index in [2.05, 4.69) is 20.6 Å². The van der Waals surface area contributed by atoms with Crippen LogP contribution in [0.15, 0.2) is 21.7 Å². The summed E-state index contributed by atoms with van der Waals surface area (Å²) in [6.07, 6.45) is 0. The van der Waals surface area contributed by atoms with E-state index in [9.17, 15) is 9.59 Å². The predicted octanol–water partition coefficient (Wildman–Crippen LogP) is 1.48. The van der Waals surface area contributed by atoms with E-state index < -0.39 is 11.2 Å². The lowest BCUT2D eigenvalue weighted by molar-refractivity contribution is 1.04. The van der Waals surface area contributed by atoms with Crippen LogP contribution in [0.2, 0.25) is 0 Å². The Morgan fingerprint density at radius 2 is 1.50 bits per heavy atom. The summed E-state index contributed by atoms with van der Waals surface area (Å²) in [4.78, 5) is 27.6. The van der Waals surface area contributed by atoms with Crippen LogP contribution in [-0.2, 0) is 0 Å². The van der Waals surface area contributed by atoms with Crippen LogP contribution < -0.4 is 21.9 Å². The molecule has 1 aliphatic rings. The number of nitrogens with one attached hydrogen (secondary N) is 4. The SMILES string of the molecule is Cc1cc2c(cc1C)Nc1c([nH]c(=O)[nH]c1=O)N2. The van der Waals surface area contributed by atoms with Crippen LogP contribution in [0.1, 0.15) is 11.1 Å². The minimum Gasteiger partial charge on any atom is -0.346 e. The van der Waals surface area contributed by atoms with Crippen molar-refractivity contribution in [2.75, 3.05) is 10.6 Å². The van der Waals surface area contributed by atoms with Gasteiger partial charge in [0.25, 0.3) is 5.56 Å². The van der Waals surface area contributed by atoms with Gasteiger partial charge in [-0.1, -0.05) is 0 Å². The second-order valence-electron chi connectivity index (χ2n) is 4.39. The molecule has 18 heavy (non-hydrogen) atoms. The monoisotopic (exact) mass is 244 g/mol. The third-order valence-electron chi connectivity index (χ3n) is 3.10. The number of anilines is 4. The van der Waals surface area contributed by atoms with Crippen LogP contribution in [-0.4, -0.2) is 9.97 Å². The summed E-state index contributed by atoms with van der Waals surface area (Å²) in [6, 6.07) is 3.94. The van der Waals surface area contributed by atoms with Gasteiger partial charge in [-0.25, -0.2) is 4.79 Å². The van der Waals surface area contributed by atoms with Crippen LogP contribution in [0.5, 0.6) is 0 Å². The summed E-state index contributed by atoms with van der Waals surface area (Å²) in [5.41, 5.74) is 3.29. The average molecular weight is 244 g/mol. The number of aromatic nitrogens is 2. The van der Waals surface area contributed by atoms with Gasteiger partial charge in [-0.05, 0) is 37.1 Å². The number of H-pyrrole nitrogens is 2. The van der Waals surface area contributed by atoms with Crippen molar-refractivity contribution < 1.29 is 0 Å². The first-order chi connectivity index (χ1) is 8.54. The van der Waals surface area contributed by atoms with Gasteiger partial charge in [0.15, 0.2) is 0 Å². The van der Waals surface area contributed by atoms with Crippen LogP contribution >= 0.6 is 0 Å². The number of aromatic amines is 2. The summed E-state index contributed by atoms with van der Waals surface area (Å²) in [7, 11) is 0. The van der Waals surface area contributed by atoms with Gasteiger partial charge in [-0.15, -0.1) is 0 Å². The maximum atomic E-state index is 11.7. The molecule has 2 heterocycles. The molecule has 0 fully saturated rings. The molecule has 3 rings (SSSR count). The highest BCUT2D eigenvalue weighted by Crippen LogP contribution is 2.36. The summed E-state index contributed by atoms with van der Waals surface area (Å²) in [5, 5.41) is 6.08. The molecule has 0 saturated heterocycles. The quantitative estimate of drug-likeness (QED) is 0.482. The molecule has 0 bridgehead atoms. The minimum absolute atomic E-state index is 0.324. The molecule has 92 valence electrons. The minimum atomic E-state index is -0.527. The topological polar surface area (TPSA) is 89.8 Å². The van der Waals surface area contributed by atoms with Gasteiger partial charge in [-0.3, -0.25) is 14.8 Å². The molecule has 2 aromatic rings. The fourth-order valence-electron chi connectivity index (χ4n) is 1.99. The van der Waals surface area contributed by atoms with Crippen molar-refractivity contribution in [2.24, 2.45) is 0 Å². The number of fused-ring (bicyclic) bond motifs is 2. The zero-order valence-electron chi connectivity index (χ0n) is 9.97. The van der Waals surface area contributed by atoms with E-state index in [-0.39, 0.29) is 0 Å². The summed E-state index contributed by atoms with van der Waals surface area (Å²) >= 11 is 0. The second kappa shape index (κ2) is 3.49. The van der Waals surface area contributed by atoms with Crippen molar-refractivity contribution in [1.29, 1.82) is 0 Å². The third-order valence-corrected chi connectivity index (χ3v) is 3.10. The van der Waals surface area contributed by atoms with Crippen molar-refractivity contribution >= 4 is 22.9 Å². The van der Waals surface area contributed by atoms with E-state index in [1.54, 1.807) is 0 Å². The Hall–Kier alpha value is -2.50. The maximum Gasteiger partial charge on any atom is 0.327 e. The zero-order chi connectivity index (χ0) is 12.9. The molecule has 0 radical (unpaired) electrons. The fourth-order valence-corrected chi connectivity index (χ4v) is 1.99. The smallest absolute Gasteiger partial charge is 0.327 e. The molecular weight excluding hydrogens is 232 g/mol. The largest absolute Gasteiger partial charge is 0.346 e. The fraction of sp³-hybridized carbons (Fsp3) is 0.167. The molecule has 0 atom stereocenters. The van der Waals surface area contributed by atoms with Crippen LogP contribution in [0.4, 0.5) is 22.9 Å². The average Bonchev–Trinajstić information content (AvgIpc) is 2.29. The summed E-state index contributed by atoms with van der Waals surface area (Å²) in [6.45, 7) is 4.01. The molecule has 0 spiro atoms. The van der Waals surface area contributed by atoms with E-state index in [1.807, 2.05) is 26.0 Å². The Labute approximate surface area is 102 Å². The first kappa shape index (κ1) is 10.6. The van der Waals surface area contributed by atoms with Crippen LogP contribution in [0, 0.1) is 13.8 Å². The van der Waals surface area contributed by atoms with E-state index >= 15 is 0 Å². The second-order valence-corrected chi connectivity index (χ2v) is 4.39. The third kappa shape index (κ3) is 1.50. The van der Waals surface area contributed by atoms with Gasteiger partial charge in [-0.2, -0.15) is 0 Å². The van der Waals surface area contributed by atoms with Crippen molar-refractivity contribution in [3.63, 3.8) is 0 Å². The van der Waals surface area contributed by atoms with Crippen molar-refractivity contribution in [2.45, 2.75) is 13.8 Å². The van der Waals surface area contributed by atoms with Crippen molar-refractivity contribution in [1.82, 2.24) is 9.97 Å². The highest BCUT2D eigenvalue weighted by Gasteiger charge is 2.18. The van der Waals surface area contributed by atoms with Crippen LogP contribution in [0.25, 0.3) is 0 Å². The Kier molecular flexibility index (Phi) is 2.07. The first-order valence-corrected chi connectivity index (χ1v) is 5.56. The Bertz CT molecular complexity index is 758. The lowest BCUT2D eigenvalue weighted by Crippen LogP contribution is -2.27. The van der Waals surface area contributed by atoms with Gasteiger partial charge >= 0.3 is 5.69 Å². The zero-order valence-corrected chi connectivity index (χ0v) is 9.97. The normalized spacial score (nSPS) is 12.1. The van der Waals surface area contributed by atoms with E-state index in [1.165, 1.54) is 0 Å². The standard InChI is InChI=1S/C12H12N4O2/c1-5-3-7-8(4-6(5)2)14-10-9(13-7)11(17)16-12(18)15-10/h3-4,13H,1-2H3,(H3,14,15,16,17,18). The van der Waals surface area contributed by atoms with Crippen LogP contribution in [0.3, 0.4) is 0 Å². The van der Waals surface area contributed by atoms with E-state index in [0.717, 1.165) is 22.5 Å². The van der Waals surface area contributed by atoms with Crippen molar-refractivity contribution in [3.05, 3.63) is 44.1 Å². The molecule has 0 unspecified atom stereocenters. The summed E-state index contributed by atoms with van der Waals surface area (Å²) < 4.78 is 0. The number of rotatable bonds is 0. The molecule has 4 N–H and O–H groups in total. The van der Waals surface area contributed by atoms with Crippen molar-refractivity contribution in [3.8, 4) is 0 Å². The summed E-state index contributed by atoms with van der Waals surface area (Å²) in [5.74, 6) is 0.388.